The van der Waals surface area contributed by atoms with Gasteiger partial charge in [0.05, 0.1) is 18.1 Å². The molecule has 0 bridgehead atoms. The number of nitrogens with one attached hydrogen (secondary N) is 2. The van der Waals surface area contributed by atoms with Crippen molar-refractivity contribution < 1.29 is 18.7 Å². The molecule has 5 nitrogen and oxygen atoms in total. The molecule has 1 aliphatic carbocycles. The van der Waals surface area contributed by atoms with Gasteiger partial charge >= 0.3 is 0 Å². The molecule has 0 spiro atoms. The first-order valence-corrected chi connectivity index (χ1v) is 10.4. The quantitative estimate of drug-likeness (QED) is 0.632. The molecule has 28 heavy (non-hydrogen) atoms. The minimum absolute atomic E-state index is 0.142. The summed E-state index contributed by atoms with van der Waals surface area (Å²) in [6.45, 7) is 0.818. The van der Waals surface area contributed by atoms with Crippen molar-refractivity contribution in [3.05, 3.63) is 59.4 Å². The maximum Gasteiger partial charge on any atom is 0.234 e. The highest BCUT2D eigenvalue weighted by Gasteiger charge is 2.11. The van der Waals surface area contributed by atoms with E-state index >= 15 is 0 Å². The normalized spacial score (nSPS) is 12.3. The number of ether oxygens (including phenoxy) is 1. The standard InChI is InChI=1S/C21H23FN2O3S/c22-17-5-7-18(8-6-17)24-21(26)14-28-13-20(25)23-10-11-27-19-9-4-15-2-1-3-16(15)12-19/h4-9,12H,1-3,10-11,13-14H2,(H,23,25)(H,24,26). The molecule has 2 aromatic rings. The van der Waals surface area contributed by atoms with Crippen LogP contribution in [0.3, 0.4) is 0 Å². The number of hydrogen-bond donors (Lipinski definition) is 2. The number of rotatable bonds is 9. The van der Waals surface area contributed by atoms with Crippen LogP contribution in [0.2, 0.25) is 0 Å². The molecule has 2 aromatic carbocycles. The summed E-state index contributed by atoms with van der Waals surface area (Å²) >= 11 is 1.22. The lowest BCUT2D eigenvalue weighted by Gasteiger charge is -2.09. The first-order valence-electron chi connectivity index (χ1n) is 9.24. The van der Waals surface area contributed by atoms with Gasteiger partial charge in [-0.05, 0) is 66.8 Å². The van der Waals surface area contributed by atoms with E-state index in [2.05, 4.69) is 22.8 Å². The fourth-order valence-electron chi connectivity index (χ4n) is 3.02. The summed E-state index contributed by atoms with van der Waals surface area (Å²) in [5.41, 5.74) is 3.29. The zero-order chi connectivity index (χ0) is 19.8. The number of hydrogen-bond acceptors (Lipinski definition) is 4. The highest BCUT2D eigenvalue weighted by molar-refractivity contribution is 8.00. The summed E-state index contributed by atoms with van der Waals surface area (Å²) in [4.78, 5) is 23.6. The first-order chi connectivity index (χ1) is 13.6. The predicted molar refractivity (Wildman–Crippen MR) is 109 cm³/mol. The number of carbonyl (C=O) groups excluding carboxylic acids is 2. The largest absolute Gasteiger partial charge is 0.492 e. The molecule has 0 saturated heterocycles. The van der Waals surface area contributed by atoms with E-state index in [1.54, 1.807) is 0 Å². The number of amides is 2. The molecule has 0 aliphatic heterocycles. The molecule has 0 unspecified atom stereocenters. The minimum atomic E-state index is -0.357. The number of halogens is 1. The van der Waals surface area contributed by atoms with E-state index in [0.29, 0.717) is 18.8 Å². The van der Waals surface area contributed by atoms with Crippen LogP contribution in [0.25, 0.3) is 0 Å². The summed E-state index contributed by atoms with van der Waals surface area (Å²) < 4.78 is 18.5. The Kier molecular flexibility index (Phi) is 7.31. The molecule has 0 fully saturated rings. The van der Waals surface area contributed by atoms with Gasteiger partial charge in [0.15, 0.2) is 0 Å². The van der Waals surface area contributed by atoms with Crippen molar-refractivity contribution in [2.24, 2.45) is 0 Å². The molecule has 2 amide bonds. The van der Waals surface area contributed by atoms with Crippen LogP contribution in [-0.4, -0.2) is 36.5 Å². The van der Waals surface area contributed by atoms with Crippen LogP contribution in [0.4, 0.5) is 10.1 Å². The van der Waals surface area contributed by atoms with E-state index in [-0.39, 0.29) is 29.1 Å². The Bertz CT molecular complexity index is 827. The SMILES string of the molecule is O=C(CSCC(=O)Nc1ccc(F)cc1)NCCOc1ccc2c(c1)CCC2. The predicted octanol–water partition coefficient (Wildman–Crippen LogP) is 3.18. The van der Waals surface area contributed by atoms with Crippen LogP contribution in [0.5, 0.6) is 5.75 Å². The third kappa shape index (κ3) is 6.27. The average Bonchev–Trinajstić information content (AvgIpc) is 3.15. The zero-order valence-corrected chi connectivity index (χ0v) is 16.3. The van der Waals surface area contributed by atoms with Gasteiger partial charge in [0, 0.05) is 5.69 Å². The Labute approximate surface area is 168 Å². The molecule has 0 atom stereocenters. The fraction of sp³-hybridized carbons (Fsp3) is 0.333. The van der Waals surface area contributed by atoms with E-state index in [1.165, 1.54) is 53.6 Å². The molecule has 1 aliphatic rings. The summed E-state index contributed by atoms with van der Waals surface area (Å²) in [6.07, 6.45) is 3.45. The third-order valence-electron chi connectivity index (χ3n) is 4.36. The van der Waals surface area contributed by atoms with Crippen molar-refractivity contribution in [2.75, 3.05) is 30.0 Å². The second-order valence-corrected chi connectivity index (χ2v) is 7.52. The van der Waals surface area contributed by atoms with Crippen molar-refractivity contribution in [1.29, 1.82) is 0 Å². The minimum Gasteiger partial charge on any atom is -0.492 e. The molecule has 7 heteroatoms. The fourth-order valence-corrected chi connectivity index (χ4v) is 3.66. The number of fused-ring (bicyclic) bond motifs is 1. The number of carbonyl (C=O) groups is 2. The van der Waals surface area contributed by atoms with Gasteiger partial charge in [-0.1, -0.05) is 6.07 Å². The van der Waals surface area contributed by atoms with Crippen molar-refractivity contribution in [1.82, 2.24) is 5.32 Å². The van der Waals surface area contributed by atoms with Gasteiger partial charge in [0.1, 0.15) is 18.2 Å². The molecular formula is C21H23FN2O3S. The molecule has 0 heterocycles. The lowest BCUT2D eigenvalue weighted by molar-refractivity contribution is -0.118. The number of anilines is 1. The highest BCUT2D eigenvalue weighted by Crippen LogP contribution is 2.25. The number of aryl methyl sites for hydroxylation is 2. The Morgan fingerprint density at radius 3 is 2.57 bits per heavy atom. The lowest BCUT2D eigenvalue weighted by Crippen LogP contribution is -2.30. The van der Waals surface area contributed by atoms with Crippen LogP contribution >= 0.6 is 11.8 Å². The molecule has 148 valence electrons. The highest BCUT2D eigenvalue weighted by atomic mass is 32.2. The average molecular weight is 402 g/mol. The van der Waals surface area contributed by atoms with E-state index in [1.807, 2.05) is 6.07 Å². The lowest BCUT2D eigenvalue weighted by atomic mass is 10.1. The van der Waals surface area contributed by atoms with E-state index < -0.39 is 0 Å². The van der Waals surface area contributed by atoms with Crippen LogP contribution in [0.15, 0.2) is 42.5 Å². The first kappa shape index (κ1) is 20.2. The van der Waals surface area contributed by atoms with Gasteiger partial charge in [-0.2, -0.15) is 0 Å². The van der Waals surface area contributed by atoms with Crippen molar-refractivity contribution in [2.45, 2.75) is 19.3 Å². The summed E-state index contributed by atoms with van der Waals surface area (Å²) in [5, 5.41) is 5.43. The van der Waals surface area contributed by atoms with Crippen molar-refractivity contribution >= 4 is 29.3 Å². The van der Waals surface area contributed by atoms with E-state index in [9.17, 15) is 14.0 Å². The molecule has 3 rings (SSSR count). The molecule has 0 aromatic heterocycles. The van der Waals surface area contributed by atoms with Crippen molar-refractivity contribution in [3.8, 4) is 5.75 Å². The Morgan fingerprint density at radius 2 is 1.75 bits per heavy atom. The zero-order valence-electron chi connectivity index (χ0n) is 15.5. The molecule has 0 radical (unpaired) electrons. The summed E-state index contributed by atoms with van der Waals surface area (Å²) in [6, 6.07) is 11.7. The number of benzene rings is 2. The Balaban J connectivity index is 1.26. The van der Waals surface area contributed by atoms with Crippen LogP contribution in [0.1, 0.15) is 17.5 Å². The van der Waals surface area contributed by atoms with Gasteiger partial charge in [-0.3, -0.25) is 9.59 Å². The summed E-state index contributed by atoms with van der Waals surface area (Å²) in [7, 11) is 0. The second-order valence-electron chi connectivity index (χ2n) is 6.53. The Morgan fingerprint density at radius 1 is 1.00 bits per heavy atom. The topological polar surface area (TPSA) is 67.4 Å². The number of thioether (sulfide) groups is 1. The van der Waals surface area contributed by atoms with Gasteiger partial charge in [0.2, 0.25) is 11.8 Å². The van der Waals surface area contributed by atoms with Gasteiger partial charge < -0.3 is 15.4 Å². The third-order valence-corrected chi connectivity index (χ3v) is 5.29. The van der Waals surface area contributed by atoms with Gasteiger partial charge in [0.25, 0.3) is 0 Å². The van der Waals surface area contributed by atoms with Crippen molar-refractivity contribution in [3.63, 3.8) is 0 Å². The van der Waals surface area contributed by atoms with Gasteiger partial charge in [-0.15, -0.1) is 11.8 Å². The maximum absolute atomic E-state index is 12.8. The summed E-state index contributed by atoms with van der Waals surface area (Å²) in [5.74, 6) is 0.443. The molecule has 2 N–H and O–H groups in total. The van der Waals surface area contributed by atoms with E-state index in [0.717, 1.165) is 18.6 Å². The van der Waals surface area contributed by atoms with Gasteiger partial charge in [-0.25, -0.2) is 4.39 Å². The second kappa shape index (κ2) is 10.1. The van der Waals surface area contributed by atoms with Crippen LogP contribution in [-0.2, 0) is 22.4 Å². The van der Waals surface area contributed by atoms with Crippen LogP contribution in [0, 0.1) is 5.82 Å². The van der Waals surface area contributed by atoms with E-state index in [4.69, 9.17) is 4.74 Å². The molecular weight excluding hydrogens is 379 g/mol. The van der Waals surface area contributed by atoms with Crippen LogP contribution < -0.4 is 15.4 Å². The monoisotopic (exact) mass is 402 g/mol. The Hall–Kier alpha value is -2.54. The smallest absolute Gasteiger partial charge is 0.234 e. The maximum atomic E-state index is 12.8. The molecule has 0 saturated carbocycles.